The number of allylic oxidation sites excluding steroid dienone is 1. The summed E-state index contributed by atoms with van der Waals surface area (Å²) >= 11 is 0. The largest absolute Gasteiger partial charge is 1.00 e. The first-order valence-corrected chi connectivity index (χ1v) is 33.3. The Morgan fingerprint density at radius 1 is 0.507 bits per heavy atom. The first kappa shape index (κ1) is 55.2. The van der Waals surface area contributed by atoms with Crippen LogP contribution in [0.15, 0.2) is 11.6 Å². The zero-order valence-electron chi connectivity index (χ0n) is 46.9. The van der Waals surface area contributed by atoms with Crippen molar-refractivity contribution in [3.63, 3.8) is 0 Å². The maximum Gasteiger partial charge on any atom is 1.00 e. The quantitative estimate of drug-likeness (QED) is 0.159. The smallest absolute Gasteiger partial charge is 0.413 e. The van der Waals surface area contributed by atoms with Crippen molar-refractivity contribution < 1.29 is 44.9 Å². The van der Waals surface area contributed by atoms with Gasteiger partial charge in [-0.05, 0) is 191 Å². The van der Waals surface area contributed by atoms with Crippen molar-refractivity contribution in [1.82, 2.24) is 0 Å². The summed E-state index contributed by atoms with van der Waals surface area (Å²) in [6.07, 6.45) is 24.0. The van der Waals surface area contributed by atoms with Crippen LogP contribution in [0, 0.1) is 70.0 Å². The Morgan fingerprint density at radius 3 is 1.55 bits per heavy atom. The van der Waals surface area contributed by atoms with Gasteiger partial charge in [0.15, 0.2) is 28.2 Å². The van der Waals surface area contributed by atoms with Crippen LogP contribution in [0.4, 0.5) is 0 Å². The molecule has 9 fully saturated rings. The van der Waals surface area contributed by atoms with E-state index >= 15 is 0 Å². The molecule has 0 amide bonds. The second kappa shape index (κ2) is 17.5. The molecule has 17 atom stereocenters. The average molecular weight is 1020 g/mol. The van der Waals surface area contributed by atoms with Crippen molar-refractivity contribution in [3.05, 3.63) is 19.1 Å². The molecule has 8 aliphatic carbocycles. The second-order valence-electron chi connectivity index (χ2n) is 29.6. The zero-order valence-corrected chi connectivity index (χ0v) is 49.8. The van der Waals surface area contributed by atoms with Gasteiger partial charge in [0, 0.05) is 5.92 Å². The van der Waals surface area contributed by atoms with Crippen molar-refractivity contribution in [2.75, 3.05) is 0 Å². The standard InChI is InChI=1S/C29H52O3Si.C28H48O3Si.CH3.Cu/c1-25(2,3)33(9,10)32-21-15-14-19-22-24-23(30-26(4,5)31-24)20-13-11-12-16-28(20,7)29(22,8)18-17-27(19,21)6;1-25(2,3)32(8,9)31-21-14-13-18-22-19(15-17-28(18,21)7)27(6)16-11-10-12-20(27)23-24(22)30-26(4,5)29-23;;/h19-24H,11-18H2,1-10H3;15,18,20-24H,10-14,16-17H2,1-9H3;1H3;/q;;-1;+1/t19?,20?,21-,22?,23+,24+,27-,28-,29-;18?,20?,21-,22?,23+,24+,27+,28-;;/m00../s1. The number of ether oxygens (including phenoxy) is 4. The summed E-state index contributed by atoms with van der Waals surface area (Å²) in [5.41, 5.74) is 3.19. The average Bonchev–Trinajstić information content (AvgIpc) is 3.89. The molecule has 0 bridgehead atoms. The van der Waals surface area contributed by atoms with E-state index in [1.165, 1.54) is 96.3 Å². The number of hydrogen-bond acceptors (Lipinski definition) is 6. The summed E-state index contributed by atoms with van der Waals surface area (Å²) in [7, 11) is -3.61. The van der Waals surface area contributed by atoms with Gasteiger partial charge in [-0.3, -0.25) is 0 Å². The molecule has 0 aromatic heterocycles. The van der Waals surface area contributed by atoms with Gasteiger partial charge in [-0.25, -0.2) is 0 Å². The van der Waals surface area contributed by atoms with E-state index in [4.69, 9.17) is 27.8 Å². The first-order chi connectivity index (χ1) is 29.8. The maximum atomic E-state index is 7.20. The van der Waals surface area contributed by atoms with Crippen LogP contribution in [0.1, 0.15) is 200 Å². The topological polar surface area (TPSA) is 55.4 Å². The van der Waals surface area contributed by atoms with E-state index in [9.17, 15) is 0 Å². The Labute approximate surface area is 425 Å². The Hall–Kier alpha value is 0.453. The molecule has 7 saturated carbocycles. The minimum absolute atomic E-state index is 0. The molecule has 2 heterocycles. The van der Waals surface area contributed by atoms with Gasteiger partial charge in [-0.2, -0.15) is 0 Å². The molecule has 390 valence electrons. The van der Waals surface area contributed by atoms with Gasteiger partial charge >= 0.3 is 17.1 Å². The summed E-state index contributed by atoms with van der Waals surface area (Å²) in [5.74, 6) is 2.72. The van der Waals surface area contributed by atoms with Gasteiger partial charge in [0.05, 0.1) is 36.6 Å². The summed E-state index contributed by atoms with van der Waals surface area (Å²) in [5, 5.41) is 0.512. The van der Waals surface area contributed by atoms with Crippen molar-refractivity contribution in [2.24, 2.45) is 62.6 Å². The maximum absolute atomic E-state index is 7.20. The predicted octanol–water partition coefficient (Wildman–Crippen LogP) is 15.9. The van der Waals surface area contributed by atoms with Crippen LogP contribution >= 0.6 is 0 Å². The zero-order chi connectivity index (χ0) is 47.6. The normalized spacial score (nSPS) is 48.2. The van der Waals surface area contributed by atoms with Crippen LogP contribution in [0.5, 0.6) is 0 Å². The first-order valence-electron chi connectivity index (χ1n) is 27.5. The Bertz CT molecular complexity index is 1850. The minimum atomic E-state index is -1.81. The van der Waals surface area contributed by atoms with Gasteiger partial charge in [-0.1, -0.05) is 113 Å². The number of hydrogen-bond donors (Lipinski definition) is 0. The summed E-state index contributed by atoms with van der Waals surface area (Å²) in [6, 6.07) is 0. The third-order valence-electron chi connectivity index (χ3n) is 23.4. The van der Waals surface area contributed by atoms with Crippen LogP contribution in [0.25, 0.3) is 0 Å². The van der Waals surface area contributed by atoms with E-state index in [1.807, 2.05) is 0 Å². The fraction of sp³-hybridized carbons (Fsp3) is 0.948. The summed E-state index contributed by atoms with van der Waals surface area (Å²) in [6.45, 7) is 45.6. The molecular weight excluding hydrogens is 912 g/mol. The molecule has 9 heteroatoms. The molecule has 6 unspecified atom stereocenters. The minimum Gasteiger partial charge on any atom is -0.413 e. The third kappa shape index (κ3) is 8.48. The number of rotatable bonds is 4. The van der Waals surface area contributed by atoms with E-state index in [0.717, 1.165) is 0 Å². The molecular formula is C58H103CuO6Si2. The molecule has 0 spiro atoms. The molecule has 2 aliphatic heterocycles. The van der Waals surface area contributed by atoms with Gasteiger partial charge < -0.3 is 35.2 Å². The summed E-state index contributed by atoms with van der Waals surface area (Å²) < 4.78 is 41.4. The van der Waals surface area contributed by atoms with Gasteiger partial charge in [0.1, 0.15) is 0 Å². The van der Waals surface area contributed by atoms with E-state index < -0.39 is 28.2 Å². The van der Waals surface area contributed by atoms with Crippen molar-refractivity contribution in [1.29, 1.82) is 0 Å². The Balaban J connectivity index is 0.000000193. The molecule has 0 N–H and O–H groups in total. The van der Waals surface area contributed by atoms with Crippen molar-refractivity contribution in [3.8, 4) is 0 Å². The predicted molar refractivity (Wildman–Crippen MR) is 277 cm³/mol. The fourth-order valence-corrected chi connectivity index (χ4v) is 20.4. The number of fused-ring (bicyclic) bond motifs is 16. The molecule has 0 radical (unpaired) electrons. The van der Waals surface area contributed by atoms with Crippen molar-refractivity contribution >= 4 is 16.6 Å². The van der Waals surface area contributed by atoms with Gasteiger partial charge in [0.2, 0.25) is 0 Å². The molecule has 0 aromatic rings. The molecule has 6 nitrogen and oxygen atoms in total. The van der Waals surface area contributed by atoms with Crippen LogP contribution in [0.3, 0.4) is 0 Å². The second-order valence-corrected chi connectivity index (χ2v) is 39.1. The fourth-order valence-electron chi connectivity index (χ4n) is 17.5. The van der Waals surface area contributed by atoms with E-state index in [-0.39, 0.29) is 75.2 Å². The van der Waals surface area contributed by atoms with E-state index in [0.29, 0.717) is 58.5 Å². The van der Waals surface area contributed by atoms with Gasteiger partial charge in [0.25, 0.3) is 0 Å². The monoisotopic (exact) mass is 1010 g/mol. The molecule has 10 aliphatic rings. The third-order valence-corrected chi connectivity index (χ3v) is 32.4. The van der Waals surface area contributed by atoms with Crippen molar-refractivity contribution in [2.45, 2.75) is 285 Å². The molecule has 2 saturated heterocycles. The Kier molecular flexibility index (Phi) is 14.4. The van der Waals surface area contributed by atoms with E-state index in [2.05, 4.69) is 136 Å². The molecule has 0 aromatic carbocycles. The molecule has 10 rings (SSSR count). The summed E-state index contributed by atoms with van der Waals surface area (Å²) in [4.78, 5) is 0. The Morgan fingerprint density at radius 2 is 0.985 bits per heavy atom. The van der Waals surface area contributed by atoms with Crippen LogP contribution in [-0.4, -0.2) is 64.8 Å². The molecule has 67 heavy (non-hydrogen) atoms. The van der Waals surface area contributed by atoms with E-state index in [1.54, 1.807) is 5.57 Å². The van der Waals surface area contributed by atoms with Crippen LogP contribution in [-0.2, 0) is 44.9 Å². The van der Waals surface area contributed by atoms with Gasteiger partial charge in [-0.15, -0.1) is 0 Å². The van der Waals surface area contributed by atoms with Crippen LogP contribution < -0.4 is 0 Å². The van der Waals surface area contributed by atoms with Crippen LogP contribution in [0.2, 0.25) is 36.3 Å². The SMILES string of the molecule is CC1(C)O[C@@H]2C3C(=CC[C@@]4(C)C3CC[C@@H]4O[Si](C)(C)C(C)(C)C)[C@@]3(C)CCCCC3[C@H]2O1.CC1(C)O[C@@H]2C3CCCC[C@]3(C)[C@@]3(C)CC[C@@]4(C)C(CC[C@@H]4O[Si](C)(C)C(C)(C)C)C3[C@H]2O1.[CH3-].[Cu+].